The first-order valence-corrected chi connectivity index (χ1v) is 5.34. The minimum absolute atomic E-state index is 0.195. The molecule has 5 heteroatoms. The highest BCUT2D eigenvalue weighted by Crippen LogP contribution is 2.05. The molecule has 0 amide bonds. The van der Waals surface area contributed by atoms with Gasteiger partial charge in [-0.15, -0.1) is 0 Å². The molecule has 0 spiro atoms. The molecule has 1 aromatic heterocycles. The first-order valence-electron chi connectivity index (χ1n) is 5.34. The van der Waals surface area contributed by atoms with Crippen LogP contribution in [-0.4, -0.2) is 28.9 Å². The lowest BCUT2D eigenvalue weighted by atomic mass is 10.0. The lowest BCUT2D eigenvalue weighted by Gasteiger charge is -2.19. The zero-order chi connectivity index (χ0) is 12.1. The number of methoxy groups -OCH3 is 1. The summed E-state index contributed by atoms with van der Waals surface area (Å²) in [6.45, 7) is 4.57. The van der Waals surface area contributed by atoms with E-state index in [0.717, 1.165) is 5.69 Å². The number of aromatic nitrogens is 2. The Balaban J connectivity index is 2.57. The molecule has 16 heavy (non-hydrogen) atoms. The van der Waals surface area contributed by atoms with E-state index < -0.39 is 0 Å². The number of carbonyl (C=O) groups is 1. The Morgan fingerprint density at radius 3 is 2.75 bits per heavy atom. The summed E-state index contributed by atoms with van der Waals surface area (Å²) in [5.41, 5.74) is 1.04. The van der Waals surface area contributed by atoms with Crippen LogP contribution < -0.4 is 5.32 Å². The standard InChI is InChI=1S/C11H19N3O2/c1-8(2)10(11(15)16-4)12-7-9-5-6-13-14(9)3/h5-6,8,10,12H,7H2,1-4H3/t10-/m0/s1. The second kappa shape index (κ2) is 5.65. The zero-order valence-corrected chi connectivity index (χ0v) is 10.2. The Hall–Kier alpha value is -1.36. The van der Waals surface area contributed by atoms with Crippen LogP contribution in [0.1, 0.15) is 19.5 Å². The highest BCUT2D eigenvalue weighted by atomic mass is 16.5. The topological polar surface area (TPSA) is 56.1 Å². The van der Waals surface area contributed by atoms with E-state index in [-0.39, 0.29) is 17.9 Å². The van der Waals surface area contributed by atoms with Crippen LogP contribution in [0.5, 0.6) is 0 Å². The first-order chi connectivity index (χ1) is 7.56. The Morgan fingerprint density at radius 1 is 1.62 bits per heavy atom. The molecule has 0 saturated heterocycles. The van der Waals surface area contributed by atoms with Crippen molar-refractivity contribution < 1.29 is 9.53 Å². The maximum Gasteiger partial charge on any atom is 0.323 e. The third-order valence-electron chi connectivity index (χ3n) is 2.55. The molecular formula is C11H19N3O2. The third-order valence-corrected chi connectivity index (χ3v) is 2.55. The second-order valence-corrected chi connectivity index (χ2v) is 4.07. The van der Waals surface area contributed by atoms with E-state index in [0.29, 0.717) is 6.54 Å². The molecule has 0 unspecified atom stereocenters. The first kappa shape index (κ1) is 12.7. The molecule has 5 nitrogen and oxygen atoms in total. The molecule has 0 aromatic carbocycles. The van der Waals surface area contributed by atoms with Gasteiger partial charge in [0.1, 0.15) is 6.04 Å². The highest BCUT2D eigenvalue weighted by Gasteiger charge is 2.22. The molecule has 1 rings (SSSR count). The van der Waals surface area contributed by atoms with E-state index in [1.807, 2.05) is 27.0 Å². The van der Waals surface area contributed by atoms with Crippen molar-refractivity contribution in [2.24, 2.45) is 13.0 Å². The smallest absolute Gasteiger partial charge is 0.323 e. The van der Waals surface area contributed by atoms with E-state index in [2.05, 4.69) is 10.4 Å². The van der Waals surface area contributed by atoms with E-state index in [1.54, 1.807) is 10.9 Å². The fraction of sp³-hybridized carbons (Fsp3) is 0.636. The van der Waals surface area contributed by atoms with Crippen LogP contribution in [0, 0.1) is 5.92 Å². The monoisotopic (exact) mass is 225 g/mol. The maximum absolute atomic E-state index is 11.5. The van der Waals surface area contributed by atoms with Crippen LogP contribution in [-0.2, 0) is 23.1 Å². The summed E-state index contributed by atoms with van der Waals surface area (Å²) in [6, 6.07) is 1.64. The number of nitrogens with one attached hydrogen (secondary N) is 1. The van der Waals surface area contributed by atoms with Crippen molar-refractivity contribution in [1.29, 1.82) is 0 Å². The summed E-state index contributed by atoms with van der Waals surface area (Å²) < 4.78 is 6.53. The van der Waals surface area contributed by atoms with Crippen LogP contribution in [0.15, 0.2) is 12.3 Å². The molecule has 1 N–H and O–H groups in total. The molecule has 1 heterocycles. The molecule has 1 atom stereocenters. The van der Waals surface area contributed by atoms with Crippen LogP contribution in [0.4, 0.5) is 0 Å². The predicted octanol–water partition coefficient (Wildman–Crippen LogP) is 0.707. The van der Waals surface area contributed by atoms with Crippen molar-refractivity contribution in [3.8, 4) is 0 Å². The van der Waals surface area contributed by atoms with Gasteiger partial charge in [-0.1, -0.05) is 13.8 Å². The molecule has 0 bridgehead atoms. The van der Waals surface area contributed by atoms with Gasteiger partial charge >= 0.3 is 5.97 Å². The van der Waals surface area contributed by atoms with Gasteiger partial charge in [0.05, 0.1) is 12.8 Å². The van der Waals surface area contributed by atoms with Crippen molar-refractivity contribution in [2.45, 2.75) is 26.4 Å². The van der Waals surface area contributed by atoms with Crippen molar-refractivity contribution in [3.05, 3.63) is 18.0 Å². The Labute approximate surface area is 95.8 Å². The van der Waals surface area contributed by atoms with Crippen molar-refractivity contribution in [1.82, 2.24) is 15.1 Å². The zero-order valence-electron chi connectivity index (χ0n) is 10.2. The van der Waals surface area contributed by atoms with Gasteiger partial charge in [-0.05, 0) is 12.0 Å². The van der Waals surface area contributed by atoms with Crippen molar-refractivity contribution >= 4 is 5.97 Å². The fourth-order valence-electron chi connectivity index (χ4n) is 1.51. The Kier molecular flexibility index (Phi) is 4.49. The molecule has 0 saturated carbocycles. The van der Waals surface area contributed by atoms with Gasteiger partial charge in [-0.3, -0.25) is 14.8 Å². The van der Waals surface area contributed by atoms with E-state index in [9.17, 15) is 4.79 Å². The van der Waals surface area contributed by atoms with Gasteiger partial charge < -0.3 is 4.74 Å². The number of carbonyl (C=O) groups excluding carboxylic acids is 1. The normalized spacial score (nSPS) is 12.8. The number of hydrogen-bond acceptors (Lipinski definition) is 4. The van der Waals surface area contributed by atoms with Gasteiger partial charge in [-0.25, -0.2) is 0 Å². The molecule has 0 aliphatic heterocycles. The average Bonchev–Trinajstić information content (AvgIpc) is 2.64. The van der Waals surface area contributed by atoms with Crippen molar-refractivity contribution in [3.63, 3.8) is 0 Å². The molecule has 0 fully saturated rings. The number of esters is 1. The molecule has 90 valence electrons. The quantitative estimate of drug-likeness (QED) is 0.750. The van der Waals surface area contributed by atoms with Crippen molar-refractivity contribution in [2.75, 3.05) is 7.11 Å². The number of rotatable bonds is 5. The van der Waals surface area contributed by atoms with Crippen LogP contribution >= 0.6 is 0 Å². The lowest BCUT2D eigenvalue weighted by molar-refractivity contribution is -0.144. The Bertz CT molecular complexity index is 347. The van der Waals surface area contributed by atoms with Crippen LogP contribution in [0.2, 0.25) is 0 Å². The number of ether oxygens (including phenoxy) is 1. The number of hydrogen-bond donors (Lipinski definition) is 1. The fourth-order valence-corrected chi connectivity index (χ4v) is 1.51. The summed E-state index contributed by atoms with van der Waals surface area (Å²) in [4.78, 5) is 11.5. The van der Waals surface area contributed by atoms with Gasteiger partial charge in [0.15, 0.2) is 0 Å². The van der Waals surface area contributed by atoms with Gasteiger partial charge in [0.25, 0.3) is 0 Å². The molecule has 0 radical (unpaired) electrons. The van der Waals surface area contributed by atoms with E-state index in [1.165, 1.54) is 7.11 Å². The summed E-state index contributed by atoms with van der Waals surface area (Å²) >= 11 is 0. The minimum atomic E-state index is -0.278. The lowest BCUT2D eigenvalue weighted by Crippen LogP contribution is -2.41. The molecular weight excluding hydrogens is 206 g/mol. The summed E-state index contributed by atoms with van der Waals surface area (Å²) in [5, 5.41) is 7.24. The van der Waals surface area contributed by atoms with Crippen LogP contribution in [0.3, 0.4) is 0 Å². The highest BCUT2D eigenvalue weighted by molar-refractivity contribution is 5.75. The van der Waals surface area contributed by atoms with E-state index in [4.69, 9.17) is 4.74 Å². The molecule has 0 aliphatic rings. The third kappa shape index (κ3) is 3.06. The minimum Gasteiger partial charge on any atom is -0.468 e. The predicted molar refractivity (Wildman–Crippen MR) is 60.7 cm³/mol. The van der Waals surface area contributed by atoms with Crippen LogP contribution in [0.25, 0.3) is 0 Å². The van der Waals surface area contributed by atoms with E-state index >= 15 is 0 Å². The van der Waals surface area contributed by atoms with Gasteiger partial charge in [-0.2, -0.15) is 5.10 Å². The SMILES string of the molecule is COC(=O)[C@@H](NCc1ccnn1C)C(C)C. The second-order valence-electron chi connectivity index (χ2n) is 4.07. The number of nitrogens with zero attached hydrogens (tertiary/aromatic N) is 2. The molecule has 0 aliphatic carbocycles. The molecule has 1 aromatic rings. The van der Waals surface area contributed by atoms with Gasteiger partial charge in [0.2, 0.25) is 0 Å². The Morgan fingerprint density at radius 2 is 2.31 bits per heavy atom. The summed E-state index contributed by atoms with van der Waals surface area (Å²) in [5.74, 6) is -0.0298. The van der Waals surface area contributed by atoms with Gasteiger partial charge in [0, 0.05) is 19.8 Å². The summed E-state index contributed by atoms with van der Waals surface area (Å²) in [6.07, 6.45) is 1.74. The summed E-state index contributed by atoms with van der Waals surface area (Å²) in [7, 11) is 3.28. The average molecular weight is 225 g/mol. The number of aryl methyl sites for hydroxylation is 1. The maximum atomic E-state index is 11.5. The largest absolute Gasteiger partial charge is 0.468 e.